The van der Waals surface area contributed by atoms with Crippen molar-refractivity contribution < 1.29 is 9.90 Å². The standard InChI is InChI=1S/C28H31N3O2/c1-30-16-14-21-17-24(31(2)23-8-5-20(6-9-23)19-3-4-19)10-11-25(21)27(30)12-7-22-18-29-15-13-26(22)28(32)33/h5-6,8-11,13,15,17-19,27H,3-4,7,12,14,16H2,1-2H3,(H,32,33)/t27-/m0/s1. The lowest BCUT2D eigenvalue weighted by Gasteiger charge is -2.35. The molecule has 0 spiro atoms. The zero-order valence-electron chi connectivity index (χ0n) is 19.4. The largest absolute Gasteiger partial charge is 0.478 e. The van der Waals surface area contributed by atoms with Crippen LogP contribution in [0, 0.1) is 0 Å². The summed E-state index contributed by atoms with van der Waals surface area (Å²) in [6.07, 6.45) is 8.48. The molecule has 170 valence electrons. The smallest absolute Gasteiger partial charge is 0.336 e. The fraction of sp³-hybridized carbons (Fsp3) is 0.357. The maximum atomic E-state index is 11.6. The Hall–Kier alpha value is -3.18. The van der Waals surface area contributed by atoms with Gasteiger partial charge in [-0.2, -0.15) is 0 Å². The van der Waals surface area contributed by atoms with Gasteiger partial charge in [0.1, 0.15) is 0 Å². The van der Waals surface area contributed by atoms with Crippen molar-refractivity contribution in [3.8, 4) is 0 Å². The number of carbonyl (C=O) groups is 1. The van der Waals surface area contributed by atoms with Crippen LogP contribution in [-0.2, 0) is 12.8 Å². The fourth-order valence-electron chi connectivity index (χ4n) is 5.07. The zero-order chi connectivity index (χ0) is 22.9. The van der Waals surface area contributed by atoms with E-state index >= 15 is 0 Å². The molecule has 0 amide bonds. The summed E-state index contributed by atoms with van der Waals surface area (Å²) in [4.78, 5) is 20.4. The highest BCUT2D eigenvalue weighted by Crippen LogP contribution is 2.41. The Kier molecular flexibility index (Phi) is 5.90. The molecule has 33 heavy (non-hydrogen) atoms. The van der Waals surface area contributed by atoms with Crippen molar-refractivity contribution in [2.45, 2.75) is 44.1 Å². The van der Waals surface area contributed by atoms with E-state index in [2.05, 4.69) is 71.3 Å². The highest BCUT2D eigenvalue weighted by molar-refractivity contribution is 5.89. The van der Waals surface area contributed by atoms with Crippen LogP contribution in [0.4, 0.5) is 11.4 Å². The quantitative estimate of drug-likeness (QED) is 0.518. The van der Waals surface area contributed by atoms with Crippen molar-refractivity contribution in [1.82, 2.24) is 9.88 Å². The van der Waals surface area contributed by atoms with E-state index in [0.717, 1.165) is 30.9 Å². The van der Waals surface area contributed by atoms with Crippen LogP contribution in [0.15, 0.2) is 60.9 Å². The van der Waals surface area contributed by atoms with Crippen molar-refractivity contribution in [3.63, 3.8) is 0 Å². The Bertz CT molecular complexity index is 1150. The molecule has 1 saturated carbocycles. The minimum Gasteiger partial charge on any atom is -0.478 e. The van der Waals surface area contributed by atoms with Gasteiger partial charge >= 0.3 is 5.97 Å². The van der Waals surface area contributed by atoms with Crippen molar-refractivity contribution in [2.75, 3.05) is 25.5 Å². The lowest BCUT2D eigenvalue weighted by atomic mass is 9.88. The number of nitrogens with zero attached hydrogens (tertiary/aromatic N) is 3. The molecule has 2 heterocycles. The predicted octanol–water partition coefficient (Wildman–Crippen LogP) is 5.59. The molecular formula is C28H31N3O2. The molecule has 1 N–H and O–H groups in total. The van der Waals surface area contributed by atoms with Gasteiger partial charge in [0.15, 0.2) is 0 Å². The Morgan fingerprint density at radius 1 is 1.12 bits per heavy atom. The molecule has 0 radical (unpaired) electrons. The van der Waals surface area contributed by atoms with Crippen LogP contribution in [0.25, 0.3) is 0 Å². The van der Waals surface area contributed by atoms with Crippen molar-refractivity contribution in [1.29, 1.82) is 0 Å². The van der Waals surface area contributed by atoms with Gasteiger partial charge in [-0.05, 0) is 97.7 Å². The van der Waals surface area contributed by atoms with E-state index < -0.39 is 5.97 Å². The van der Waals surface area contributed by atoms with Crippen LogP contribution in [-0.4, -0.2) is 41.6 Å². The Morgan fingerprint density at radius 3 is 2.61 bits per heavy atom. The summed E-state index contributed by atoms with van der Waals surface area (Å²) in [5.41, 5.74) is 7.78. The molecule has 2 aliphatic rings. The maximum Gasteiger partial charge on any atom is 0.336 e. The van der Waals surface area contributed by atoms with Crippen LogP contribution in [0.1, 0.15) is 63.8 Å². The average molecular weight is 442 g/mol. The molecule has 5 heteroatoms. The highest BCUT2D eigenvalue weighted by atomic mass is 16.4. The molecule has 0 unspecified atom stereocenters. The minimum atomic E-state index is -0.886. The normalized spacial score (nSPS) is 18.1. The van der Waals surface area contributed by atoms with E-state index in [1.807, 2.05) is 0 Å². The molecule has 1 aromatic heterocycles. The second kappa shape index (κ2) is 8.99. The van der Waals surface area contributed by atoms with E-state index in [1.165, 1.54) is 40.9 Å². The number of likely N-dealkylation sites (N-methyl/N-ethyl adjacent to an activating group) is 1. The van der Waals surface area contributed by atoms with E-state index in [9.17, 15) is 9.90 Å². The third-order valence-electron chi connectivity index (χ3n) is 7.29. The highest BCUT2D eigenvalue weighted by Gasteiger charge is 2.26. The van der Waals surface area contributed by atoms with Crippen LogP contribution >= 0.6 is 0 Å². The van der Waals surface area contributed by atoms with Crippen molar-refractivity contribution in [2.24, 2.45) is 0 Å². The molecule has 1 aliphatic carbocycles. The van der Waals surface area contributed by atoms with Crippen LogP contribution in [0.5, 0.6) is 0 Å². The first-order chi connectivity index (χ1) is 16.0. The first-order valence-corrected chi connectivity index (χ1v) is 11.8. The van der Waals surface area contributed by atoms with E-state index in [-0.39, 0.29) is 6.04 Å². The molecule has 5 rings (SSSR count). The summed E-state index contributed by atoms with van der Waals surface area (Å²) < 4.78 is 0. The number of benzene rings is 2. The lowest BCUT2D eigenvalue weighted by Crippen LogP contribution is -2.32. The molecule has 1 fully saturated rings. The van der Waals surface area contributed by atoms with E-state index in [1.54, 1.807) is 18.5 Å². The second-order valence-corrected chi connectivity index (χ2v) is 9.43. The number of hydrogen-bond acceptors (Lipinski definition) is 4. The van der Waals surface area contributed by atoms with Crippen molar-refractivity contribution >= 4 is 17.3 Å². The maximum absolute atomic E-state index is 11.6. The number of carboxylic acids is 1. The number of hydrogen-bond donors (Lipinski definition) is 1. The molecule has 2 aromatic carbocycles. The van der Waals surface area contributed by atoms with Gasteiger partial charge < -0.3 is 10.0 Å². The van der Waals surface area contributed by atoms with Crippen LogP contribution in [0.3, 0.4) is 0 Å². The third-order valence-corrected chi connectivity index (χ3v) is 7.29. The van der Waals surface area contributed by atoms with Gasteiger partial charge in [0.05, 0.1) is 5.56 Å². The fourth-order valence-corrected chi connectivity index (χ4v) is 5.07. The Morgan fingerprint density at radius 2 is 1.88 bits per heavy atom. The van der Waals surface area contributed by atoms with Gasteiger partial charge in [-0.3, -0.25) is 9.88 Å². The van der Waals surface area contributed by atoms with Gasteiger partial charge in [-0.25, -0.2) is 4.79 Å². The molecule has 0 saturated heterocycles. The molecule has 3 aromatic rings. The first kappa shape index (κ1) is 21.7. The average Bonchev–Trinajstić information content (AvgIpc) is 3.68. The molecule has 0 bridgehead atoms. The molecule has 1 aliphatic heterocycles. The lowest BCUT2D eigenvalue weighted by molar-refractivity contribution is 0.0695. The molecule has 5 nitrogen and oxygen atoms in total. The van der Waals surface area contributed by atoms with Crippen LogP contribution < -0.4 is 4.90 Å². The topological polar surface area (TPSA) is 56.7 Å². The van der Waals surface area contributed by atoms with Gasteiger partial charge in [0.25, 0.3) is 0 Å². The summed E-state index contributed by atoms with van der Waals surface area (Å²) in [5.74, 6) is -0.108. The van der Waals surface area contributed by atoms with Gasteiger partial charge in [-0.1, -0.05) is 18.2 Å². The predicted molar refractivity (Wildman–Crippen MR) is 132 cm³/mol. The summed E-state index contributed by atoms with van der Waals surface area (Å²) >= 11 is 0. The van der Waals surface area contributed by atoms with Crippen molar-refractivity contribution in [3.05, 3.63) is 88.7 Å². The van der Waals surface area contributed by atoms with Crippen LogP contribution in [0.2, 0.25) is 0 Å². The number of aromatic carboxylic acids is 1. The first-order valence-electron chi connectivity index (χ1n) is 11.8. The number of anilines is 2. The number of fused-ring (bicyclic) bond motifs is 1. The Balaban J connectivity index is 1.34. The minimum absolute atomic E-state index is 0.271. The monoisotopic (exact) mass is 441 g/mol. The summed E-state index contributed by atoms with van der Waals surface area (Å²) in [6.45, 7) is 1.000. The van der Waals surface area contributed by atoms with Gasteiger partial charge in [-0.15, -0.1) is 0 Å². The number of aryl methyl sites for hydroxylation is 1. The van der Waals surface area contributed by atoms with E-state index in [0.29, 0.717) is 12.0 Å². The zero-order valence-corrected chi connectivity index (χ0v) is 19.4. The number of aromatic nitrogens is 1. The Labute approximate surface area is 195 Å². The SMILES string of the molecule is CN(c1ccc(C2CC2)cc1)c1ccc2c(c1)CCN(C)[C@H]2CCc1cnccc1C(=O)O. The van der Waals surface area contributed by atoms with Gasteiger partial charge in [0.2, 0.25) is 0 Å². The summed E-state index contributed by atoms with van der Waals surface area (Å²) in [7, 11) is 4.30. The molecular weight excluding hydrogens is 410 g/mol. The van der Waals surface area contributed by atoms with E-state index in [4.69, 9.17) is 0 Å². The third kappa shape index (κ3) is 4.51. The number of pyridine rings is 1. The molecule has 1 atom stereocenters. The number of rotatable bonds is 7. The number of carboxylic acid groups (broad SMARTS) is 1. The second-order valence-electron chi connectivity index (χ2n) is 9.43. The summed E-state index contributed by atoms with van der Waals surface area (Å²) in [5, 5.41) is 9.49. The van der Waals surface area contributed by atoms with Gasteiger partial charge in [0, 0.05) is 43.4 Å². The summed E-state index contributed by atoms with van der Waals surface area (Å²) in [6, 6.07) is 17.7.